The Bertz CT molecular complexity index is 550. The van der Waals surface area contributed by atoms with E-state index in [4.69, 9.17) is 1.37 Å². The highest BCUT2D eigenvalue weighted by Gasteiger charge is 2.45. The molecule has 0 saturated carbocycles. The van der Waals surface area contributed by atoms with Crippen LogP contribution in [0, 0.1) is 0 Å². The molecule has 1 aliphatic heterocycles. The number of nitrogens with zero attached hydrogens (tertiary/aromatic N) is 1. The highest BCUT2D eigenvalue weighted by Crippen LogP contribution is 2.45. The second-order valence-electron chi connectivity index (χ2n) is 5.34. The van der Waals surface area contributed by atoms with E-state index in [2.05, 4.69) is 55.1 Å². The van der Waals surface area contributed by atoms with Crippen molar-refractivity contribution in [1.82, 2.24) is 4.90 Å². The molecule has 1 heteroatoms. The molecule has 0 radical (unpaired) electrons. The molecule has 1 nitrogen and oxygen atoms in total. The molecule has 0 aromatic heterocycles. The van der Waals surface area contributed by atoms with Crippen molar-refractivity contribution in [3.8, 4) is 0 Å². The maximum Gasteiger partial charge on any atom is 0.0485 e. The lowest BCUT2D eigenvalue weighted by Crippen LogP contribution is -2.27. The Labute approximate surface area is 110 Å². The average molecular weight is 238 g/mol. The van der Waals surface area contributed by atoms with Crippen LogP contribution in [0.3, 0.4) is 0 Å². The summed E-state index contributed by atoms with van der Waals surface area (Å²) in [6.45, 7) is 4.26. The number of rotatable bonds is 3. The van der Waals surface area contributed by atoms with Crippen LogP contribution >= 0.6 is 0 Å². The van der Waals surface area contributed by atoms with Gasteiger partial charge in [-0.2, -0.15) is 0 Å². The first-order chi connectivity index (χ1) is 9.12. The third-order valence-corrected chi connectivity index (χ3v) is 3.78. The molecule has 3 rings (SSSR count). The van der Waals surface area contributed by atoms with Crippen LogP contribution in [-0.2, 0) is 5.54 Å². The van der Waals surface area contributed by atoms with Gasteiger partial charge in [0.05, 0.1) is 0 Å². The molecule has 92 valence electrons. The third kappa shape index (κ3) is 1.95. The summed E-state index contributed by atoms with van der Waals surface area (Å²) in [7, 11) is 0. The van der Waals surface area contributed by atoms with Crippen LogP contribution in [0.2, 0.25) is 0 Å². The van der Waals surface area contributed by atoms with Crippen LogP contribution in [-0.4, -0.2) is 11.4 Å². The summed E-state index contributed by atoms with van der Waals surface area (Å²) >= 11 is 0. The first-order valence-electron chi connectivity index (χ1n) is 7.01. The molecule has 1 heterocycles. The van der Waals surface area contributed by atoms with Gasteiger partial charge < -0.3 is 0 Å². The Morgan fingerprint density at radius 1 is 1.00 bits per heavy atom. The quantitative estimate of drug-likeness (QED) is 0.731. The van der Waals surface area contributed by atoms with Crippen molar-refractivity contribution in [2.45, 2.75) is 25.4 Å². The summed E-state index contributed by atoms with van der Waals surface area (Å²) in [6.07, 6.45) is 0. The number of hydrogen-bond acceptors (Lipinski definition) is 1. The van der Waals surface area contributed by atoms with Crippen LogP contribution < -0.4 is 0 Å². The summed E-state index contributed by atoms with van der Waals surface area (Å²) in [4.78, 5) is 2.26. The summed E-state index contributed by atoms with van der Waals surface area (Å²) in [5.41, 5.74) is 2.41. The van der Waals surface area contributed by atoms with E-state index in [1.165, 1.54) is 11.1 Å². The van der Waals surface area contributed by atoms with Gasteiger partial charge in [-0.15, -0.1) is 0 Å². The van der Waals surface area contributed by atoms with Crippen LogP contribution in [0.25, 0.3) is 0 Å². The zero-order valence-corrected chi connectivity index (χ0v) is 10.9. The van der Waals surface area contributed by atoms with Crippen molar-refractivity contribution in [2.75, 3.05) is 6.52 Å². The normalized spacial score (nSPS) is 27.7. The summed E-state index contributed by atoms with van der Waals surface area (Å²) in [5, 5.41) is 0. The van der Waals surface area contributed by atoms with Gasteiger partial charge in [0.1, 0.15) is 0 Å². The molecular weight excluding hydrogens is 218 g/mol. The third-order valence-electron chi connectivity index (χ3n) is 3.78. The SMILES string of the molecule is [2H][C@@H]1[C@H](c2ccccc2)N1C(C)(C)c1ccccc1. The minimum atomic E-state index is -0.141. The van der Waals surface area contributed by atoms with Crippen molar-refractivity contribution in [3.63, 3.8) is 0 Å². The van der Waals surface area contributed by atoms with Gasteiger partial charge in [-0.3, -0.25) is 4.90 Å². The fourth-order valence-electron chi connectivity index (χ4n) is 2.54. The lowest BCUT2D eigenvalue weighted by molar-refractivity contribution is 0.265. The van der Waals surface area contributed by atoms with Gasteiger partial charge in [-0.05, 0) is 25.0 Å². The second kappa shape index (κ2) is 4.25. The van der Waals surface area contributed by atoms with Gasteiger partial charge >= 0.3 is 0 Å². The van der Waals surface area contributed by atoms with Gasteiger partial charge in [0.15, 0.2) is 0 Å². The second-order valence-corrected chi connectivity index (χ2v) is 5.34. The Morgan fingerprint density at radius 3 is 2.17 bits per heavy atom. The molecule has 0 bridgehead atoms. The Hall–Kier alpha value is -1.60. The predicted molar refractivity (Wildman–Crippen MR) is 75.4 cm³/mol. The molecule has 0 amide bonds. The molecule has 2 aromatic carbocycles. The van der Waals surface area contributed by atoms with Crippen molar-refractivity contribution >= 4 is 0 Å². The van der Waals surface area contributed by atoms with E-state index in [1.54, 1.807) is 0 Å². The van der Waals surface area contributed by atoms with E-state index in [0.29, 0.717) is 0 Å². The summed E-state index contributed by atoms with van der Waals surface area (Å²) in [5.74, 6) is 0. The Kier molecular flexibility index (Phi) is 2.44. The van der Waals surface area contributed by atoms with E-state index in [0.717, 1.165) is 0 Å². The minimum absolute atomic E-state index is 0.103. The van der Waals surface area contributed by atoms with E-state index in [1.807, 2.05) is 24.3 Å². The zero-order chi connectivity index (χ0) is 13.5. The first kappa shape index (κ1) is 10.3. The minimum Gasteiger partial charge on any atom is -0.284 e. The lowest BCUT2D eigenvalue weighted by atomic mass is 9.94. The van der Waals surface area contributed by atoms with E-state index >= 15 is 0 Å². The molecule has 1 unspecified atom stereocenters. The van der Waals surface area contributed by atoms with E-state index < -0.39 is 0 Å². The molecule has 0 spiro atoms. The van der Waals surface area contributed by atoms with E-state index in [-0.39, 0.29) is 18.1 Å². The maximum absolute atomic E-state index is 8.28. The molecule has 18 heavy (non-hydrogen) atoms. The lowest BCUT2D eigenvalue weighted by Gasteiger charge is -2.28. The monoisotopic (exact) mass is 238 g/mol. The van der Waals surface area contributed by atoms with Crippen LogP contribution in [0.5, 0.6) is 0 Å². The molecule has 1 aliphatic rings. The van der Waals surface area contributed by atoms with Gasteiger partial charge in [0.25, 0.3) is 0 Å². The largest absolute Gasteiger partial charge is 0.284 e. The molecule has 1 saturated heterocycles. The maximum atomic E-state index is 8.28. The summed E-state index contributed by atoms with van der Waals surface area (Å²) < 4.78 is 8.28. The average Bonchev–Trinajstić information content (AvgIpc) is 3.13. The highest BCUT2D eigenvalue weighted by atomic mass is 15.4. The van der Waals surface area contributed by atoms with Crippen LogP contribution in [0.4, 0.5) is 0 Å². The number of hydrogen-bond donors (Lipinski definition) is 0. The van der Waals surface area contributed by atoms with Gasteiger partial charge in [-0.25, -0.2) is 0 Å². The highest BCUT2D eigenvalue weighted by molar-refractivity contribution is 5.30. The van der Waals surface area contributed by atoms with Crippen molar-refractivity contribution in [3.05, 3.63) is 71.8 Å². The predicted octanol–water partition coefficient (Wildman–Crippen LogP) is 3.98. The van der Waals surface area contributed by atoms with Crippen molar-refractivity contribution in [1.29, 1.82) is 0 Å². The van der Waals surface area contributed by atoms with Crippen LogP contribution in [0.15, 0.2) is 60.7 Å². The fourth-order valence-corrected chi connectivity index (χ4v) is 2.54. The van der Waals surface area contributed by atoms with Crippen molar-refractivity contribution in [2.24, 2.45) is 0 Å². The Balaban J connectivity index is 1.88. The van der Waals surface area contributed by atoms with E-state index in [9.17, 15) is 0 Å². The molecule has 0 N–H and O–H groups in total. The molecule has 1 fully saturated rings. The molecule has 0 aliphatic carbocycles. The fraction of sp³-hybridized carbons (Fsp3) is 0.294. The van der Waals surface area contributed by atoms with Gasteiger partial charge in [-0.1, -0.05) is 60.7 Å². The zero-order valence-electron chi connectivity index (χ0n) is 11.9. The molecular formula is C17H19N. The standard InChI is InChI=1S/C17H19N/c1-17(2,15-11-7-4-8-12-15)18-13-16(18)14-9-5-3-6-10-14/h3-12,16H,13H2,1-2H3/t16-,18?/m1/s1/i13D/t13-,16-,18?. The molecule has 3 atom stereocenters. The summed E-state index contributed by atoms with van der Waals surface area (Å²) in [6, 6.07) is 21.0. The first-order valence-corrected chi connectivity index (χ1v) is 6.43. The van der Waals surface area contributed by atoms with Crippen molar-refractivity contribution < 1.29 is 1.37 Å². The smallest absolute Gasteiger partial charge is 0.0485 e. The topological polar surface area (TPSA) is 3.01 Å². The van der Waals surface area contributed by atoms with Crippen LogP contribution in [0.1, 0.15) is 32.4 Å². The Morgan fingerprint density at radius 2 is 1.56 bits per heavy atom. The molecule has 2 aromatic rings. The van der Waals surface area contributed by atoms with Gasteiger partial charge in [0.2, 0.25) is 0 Å². The number of benzene rings is 2. The van der Waals surface area contributed by atoms with Gasteiger partial charge in [0, 0.05) is 19.5 Å².